The molecule has 12 nitrogen and oxygen atoms in total. The number of hydrogen-bond acceptors (Lipinski definition) is 7. The highest BCUT2D eigenvalue weighted by atomic mass is 19.2. The summed E-state index contributed by atoms with van der Waals surface area (Å²) in [4.78, 5) is 45.8. The Morgan fingerprint density at radius 3 is 1.29 bits per heavy atom. The van der Waals surface area contributed by atoms with Gasteiger partial charge in [-0.2, -0.15) is 0 Å². The Morgan fingerprint density at radius 1 is 0.430 bits per heavy atom. The Bertz CT molecular complexity index is 4580. The molecule has 0 radical (unpaired) electrons. The summed E-state index contributed by atoms with van der Waals surface area (Å²) in [6.45, 7) is 2.94. The summed E-state index contributed by atoms with van der Waals surface area (Å²) < 4.78 is 79.0. The van der Waals surface area contributed by atoms with E-state index in [0.29, 0.717) is 39.7 Å². The van der Waals surface area contributed by atoms with Gasteiger partial charge >= 0.3 is 0 Å². The molecule has 0 bridgehead atoms. The summed E-state index contributed by atoms with van der Waals surface area (Å²) in [6.07, 6.45) is 9.03. The van der Waals surface area contributed by atoms with Gasteiger partial charge in [0.25, 0.3) is 0 Å². The van der Waals surface area contributed by atoms with Crippen LogP contribution in [0, 0.1) is 34.9 Å². The summed E-state index contributed by atoms with van der Waals surface area (Å²) in [5.41, 5.74) is 19.7. The average molecular weight is 1160 g/mol. The van der Waals surface area contributed by atoms with Gasteiger partial charge in [-0.25, -0.2) is 41.3 Å². The van der Waals surface area contributed by atoms with Gasteiger partial charge in [0.2, 0.25) is 11.8 Å². The molecule has 3 heterocycles. The van der Waals surface area contributed by atoms with Crippen LogP contribution in [0.25, 0.3) is 103 Å². The van der Waals surface area contributed by atoms with Crippen LogP contribution in [0.1, 0.15) is 59.8 Å². The van der Waals surface area contributed by atoms with Crippen LogP contribution in [0.5, 0.6) is 0 Å². The molecule has 0 aliphatic rings. The van der Waals surface area contributed by atoms with Gasteiger partial charge in [0, 0.05) is 36.3 Å². The summed E-state index contributed by atoms with van der Waals surface area (Å²) in [7, 11) is 0. The van der Waals surface area contributed by atoms with E-state index in [1.807, 2.05) is 121 Å². The lowest BCUT2D eigenvalue weighted by molar-refractivity contribution is -0.115. The molecule has 86 heavy (non-hydrogen) atoms. The second kappa shape index (κ2) is 26.1. The number of carbonyl (C=O) groups excluding carboxylic acids is 2. The van der Waals surface area contributed by atoms with Gasteiger partial charge in [-0.1, -0.05) is 109 Å². The quantitative estimate of drug-likeness (QED) is 0.0468. The number of halogens is 6. The highest BCUT2D eigenvalue weighted by Crippen LogP contribution is 2.32. The number of para-hydroxylation sites is 1. The number of benzene rings is 9. The van der Waals surface area contributed by atoms with Crippen molar-refractivity contribution in [2.45, 2.75) is 20.1 Å². The lowest BCUT2D eigenvalue weighted by atomic mass is 9.98. The molecule has 12 rings (SSSR count). The number of fused-ring (bicyclic) bond motifs is 3. The zero-order valence-electron chi connectivity index (χ0n) is 45.8. The van der Waals surface area contributed by atoms with E-state index in [1.54, 1.807) is 42.5 Å². The number of aliphatic hydroxyl groups is 1. The maximum atomic E-state index is 13.3. The normalized spacial score (nSPS) is 11.7. The van der Waals surface area contributed by atoms with Gasteiger partial charge in [-0.3, -0.25) is 9.59 Å². The van der Waals surface area contributed by atoms with Crippen LogP contribution in [0.3, 0.4) is 0 Å². The van der Waals surface area contributed by atoms with E-state index in [9.17, 15) is 41.0 Å². The minimum atomic E-state index is -1.07. The maximum Gasteiger partial charge on any atom is 0.221 e. The summed E-state index contributed by atoms with van der Waals surface area (Å²) in [6, 6.07) is 51.0. The Kier molecular flexibility index (Phi) is 17.7. The lowest BCUT2D eigenvalue weighted by Gasteiger charge is -2.11. The van der Waals surface area contributed by atoms with Crippen LogP contribution < -0.4 is 16.4 Å². The molecule has 8 N–H and O–H groups in total. The first-order valence-corrected chi connectivity index (χ1v) is 26.7. The van der Waals surface area contributed by atoms with Crippen LogP contribution >= 0.6 is 0 Å². The van der Waals surface area contributed by atoms with Crippen LogP contribution in [-0.2, 0) is 9.59 Å². The second-order valence-electron chi connectivity index (χ2n) is 19.6. The number of aromatic nitrogens is 6. The van der Waals surface area contributed by atoms with E-state index in [-0.39, 0.29) is 11.8 Å². The first-order chi connectivity index (χ1) is 41.5. The summed E-state index contributed by atoms with van der Waals surface area (Å²) in [5.74, 6) is -3.77. The van der Waals surface area contributed by atoms with E-state index in [4.69, 9.17) is 5.73 Å². The van der Waals surface area contributed by atoms with Gasteiger partial charge in [0.1, 0.15) is 23.7 Å². The number of nitrogens with one attached hydrogen (secondary N) is 5. The monoisotopic (exact) mass is 1160 g/mol. The Labute approximate surface area is 488 Å². The van der Waals surface area contributed by atoms with Crippen LogP contribution in [-0.4, -0.2) is 46.8 Å². The minimum absolute atomic E-state index is 0.122. The van der Waals surface area contributed by atoms with Crippen molar-refractivity contribution in [2.75, 3.05) is 10.6 Å². The number of H-pyrrole nitrogens is 3. The fourth-order valence-electron chi connectivity index (χ4n) is 9.24. The van der Waals surface area contributed by atoms with Crippen molar-refractivity contribution < 1.29 is 41.0 Å². The standard InChI is InChI=1S/2C23H17F2N3O.C22H17F2N3O/c1-14(29)26-18-4-2-3-16(12-18)17-7-9-21-22(13-17)28-23(27-21)10-6-15-5-8-19(24)20(25)11-15;1-14(29)26-20-5-3-2-4-17(20)16-8-10-21-22(13-16)28-23(27-21)11-7-15-6-9-18(24)19(25)12-15;23-17-8-5-13(11-18(17)24)6-10-21-26-19-9-7-14(12-20(19)27-21)15-3-1-2-4-16(15)22(25)28/h2*2-13H,1H3,(H,26,29)(H,27,28);1-12,22,28H,25H2,(H,26,27)/b10-6+;11-7+;10-6+. The fourth-order valence-corrected chi connectivity index (χ4v) is 9.24. The van der Waals surface area contributed by atoms with Crippen molar-refractivity contribution in [3.05, 3.63) is 257 Å². The third-order valence-corrected chi connectivity index (χ3v) is 13.3. The molecule has 0 spiro atoms. The minimum Gasteiger partial charge on any atom is -0.375 e. The number of hydrogen-bond donors (Lipinski definition) is 7. The number of aliphatic hydroxyl groups excluding tert-OH is 1. The van der Waals surface area contributed by atoms with Gasteiger partial charge in [0.15, 0.2) is 34.9 Å². The van der Waals surface area contributed by atoms with Crippen molar-refractivity contribution >= 4 is 92.7 Å². The van der Waals surface area contributed by atoms with Crippen LogP contribution in [0.4, 0.5) is 37.7 Å². The van der Waals surface area contributed by atoms with Crippen molar-refractivity contribution in [3.63, 3.8) is 0 Å². The number of anilines is 2. The van der Waals surface area contributed by atoms with E-state index in [1.165, 1.54) is 32.0 Å². The van der Waals surface area contributed by atoms with Gasteiger partial charge in [0.05, 0.1) is 33.1 Å². The number of nitrogens with zero attached hydrogens (tertiary/aromatic N) is 3. The zero-order valence-corrected chi connectivity index (χ0v) is 45.8. The second-order valence-corrected chi connectivity index (χ2v) is 19.6. The summed E-state index contributed by atoms with van der Waals surface area (Å²) in [5, 5.41) is 15.4. The molecule has 1 unspecified atom stereocenters. The fraction of sp³-hybridized carbons (Fsp3) is 0.0441. The molecule has 0 aliphatic carbocycles. The molecule has 1 atom stereocenters. The molecule has 3 aromatic heterocycles. The number of nitrogens with two attached hydrogens (primary N) is 1. The molecule has 18 heteroatoms. The zero-order chi connectivity index (χ0) is 60.4. The number of aromatic amines is 3. The van der Waals surface area contributed by atoms with E-state index < -0.39 is 41.1 Å². The molecule has 0 aliphatic heterocycles. The third kappa shape index (κ3) is 14.4. The van der Waals surface area contributed by atoms with Crippen LogP contribution in [0.2, 0.25) is 0 Å². The smallest absolute Gasteiger partial charge is 0.221 e. The lowest BCUT2D eigenvalue weighted by Crippen LogP contribution is -2.09. The topological polar surface area (TPSA) is 190 Å². The van der Waals surface area contributed by atoms with Crippen molar-refractivity contribution in [1.29, 1.82) is 0 Å². The molecule has 428 valence electrons. The SMILES string of the molecule is CC(=O)Nc1cccc(-c2ccc3nc(/C=C/c4ccc(F)c(F)c4)[nH]c3c2)c1.CC(=O)Nc1ccccc1-c1ccc2nc(/C=C/c3ccc(F)c(F)c3)[nH]c2c1.NC(O)c1ccccc1-c1ccc2nc(/C=C/c3ccc(F)c(F)c3)[nH]c2c1. The number of amides is 2. The molecule has 12 aromatic rings. The Morgan fingerprint density at radius 2 is 0.837 bits per heavy atom. The number of rotatable bonds is 12. The Balaban J connectivity index is 0.000000143. The predicted octanol–water partition coefficient (Wildman–Crippen LogP) is 15.9. The average Bonchev–Trinajstić information content (AvgIpc) is 3.66. The molecular formula is C68H51F6N9O3. The molecule has 0 saturated heterocycles. The molecule has 0 fully saturated rings. The first kappa shape index (κ1) is 58.3. The number of carbonyl (C=O) groups is 2. The molecule has 9 aromatic carbocycles. The van der Waals surface area contributed by atoms with Crippen molar-refractivity contribution in [1.82, 2.24) is 29.9 Å². The summed E-state index contributed by atoms with van der Waals surface area (Å²) >= 11 is 0. The largest absolute Gasteiger partial charge is 0.375 e. The van der Waals surface area contributed by atoms with Crippen LogP contribution in [0.15, 0.2) is 182 Å². The molecular weight excluding hydrogens is 1100 g/mol. The first-order valence-electron chi connectivity index (χ1n) is 26.7. The third-order valence-electron chi connectivity index (χ3n) is 13.3. The van der Waals surface area contributed by atoms with E-state index in [2.05, 4.69) is 40.5 Å². The van der Waals surface area contributed by atoms with Crippen molar-refractivity contribution in [2.24, 2.45) is 5.73 Å². The predicted molar refractivity (Wildman–Crippen MR) is 328 cm³/mol. The van der Waals surface area contributed by atoms with Gasteiger partial charge in [-0.05, 0) is 154 Å². The van der Waals surface area contributed by atoms with E-state index >= 15 is 0 Å². The Hall–Kier alpha value is -11.0. The highest BCUT2D eigenvalue weighted by molar-refractivity contribution is 5.96. The molecule has 2 amide bonds. The highest BCUT2D eigenvalue weighted by Gasteiger charge is 2.13. The number of imidazole rings is 3. The van der Waals surface area contributed by atoms with Crippen molar-refractivity contribution in [3.8, 4) is 33.4 Å². The van der Waals surface area contributed by atoms with Gasteiger partial charge < -0.3 is 36.4 Å². The van der Waals surface area contributed by atoms with E-state index in [0.717, 1.165) is 114 Å². The molecule has 0 saturated carbocycles. The van der Waals surface area contributed by atoms with Gasteiger partial charge in [-0.15, -0.1) is 0 Å². The maximum absolute atomic E-state index is 13.3.